The first kappa shape index (κ1) is 11.2. The smallest absolute Gasteiger partial charge is 0.331 e. The highest BCUT2D eigenvalue weighted by molar-refractivity contribution is 7.90. The van der Waals surface area contributed by atoms with E-state index in [0.29, 0.717) is 0 Å². The van der Waals surface area contributed by atoms with E-state index < -0.39 is 21.8 Å². The van der Waals surface area contributed by atoms with Crippen LogP contribution in [0.1, 0.15) is 0 Å². The van der Waals surface area contributed by atoms with Crippen LogP contribution in [0.4, 0.5) is 13.2 Å². The van der Waals surface area contributed by atoms with Gasteiger partial charge in [-0.05, 0) is 12.2 Å². The minimum Gasteiger partial charge on any atom is -0.331 e. The van der Waals surface area contributed by atoms with Crippen molar-refractivity contribution in [1.82, 2.24) is 4.90 Å². The van der Waals surface area contributed by atoms with Crippen molar-refractivity contribution in [3.8, 4) is 0 Å². The van der Waals surface area contributed by atoms with E-state index >= 15 is 0 Å². The van der Waals surface area contributed by atoms with Gasteiger partial charge in [-0.1, -0.05) is 0 Å². The van der Waals surface area contributed by atoms with Gasteiger partial charge in [0.2, 0.25) is 0 Å². The largest absolute Gasteiger partial charge is 0.416 e. The van der Waals surface area contributed by atoms with Crippen molar-refractivity contribution in [1.29, 1.82) is 0 Å². The summed E-state index contributed by atoms with van der Waals surface area (Å²) in [5, 5.41) is 0. The Morgan fingerprint density at radius 3 is 2.69 bits per heavy atom. The lowest BCUT2D eigenvalue weighted by molar-refractivity contribution is -0.0883. The molecule has 0 unspecified atom stereocenters. The van der Waals surface area contributed by atoms with E-state index in [4.69, 9.17) is 0 Å². The van der Waals surface area contributed by atoms with E-state index in [1.807, 2.05) is 0 Å². The van der Waals surface area contributed by atoms with Crippen LogP contribution >= 0.6 is 0 Å². The number of nitrogens with zero attached hydrogens (tertiary/aromatic N) is 2. The first-order chi connectivity index (χ1) is 7.28. The number of rotatable bonds is 0. The van der Waals surface area contributed by atoms with E-state index in [1.54, 1.807) is 0 Å². The second-order valence-electron chi connectivity index (χ2n) is 3.34. The number of allylic oxidation sites excluding steroid dienone is 2. The second-order valence-corrected chi connectivity index (χ2v) is 5.10. The van der Waals surface area contributed by atoms with Gasteiger partial charge in [0, 0.05) is 12.7 Å². The van der Waals surface area contributed by atoms with Crippen molar-refractivity contribution in [2.45, 2.75) is 6.18 Å². The van der Waals surface area contributed by atoms with Gasteiger partial charge in [-0.15, -0.1) is 4.40 Å². The normalized spacial score (nSPS) is 23.6. The maximum absolute atomic E-state index is 12.4. The summed E-state index contributed by atoms with van der Waals surface area (Å²) >= 11 is 0. The second kappa shape index (κ2) is 3.34. The summed E-state index contributed by atoms with van der Waals surface area (Å²) in [4.78, 5) is 1.37. The molecule has 0 atom stereocenters. The third-order valence-electron chi connectivity index (χ3n) is 2.16. The first-order valence-corrected chi connectivity index (χ1v) is 5.95. The van der Waals surface area contributed by atoms with Gasteiger partial charge in [-0.25, -0.2) is 8.42 Å². The van der Waals surface area contributed by atoms with Crippen LogP contribution in [0, 0.1) is 0 Å². The maximum Gasteiger partial charge on any atom is 0.416 e. The molecular formula is C8H7F3N2O2S. The Balaban J connectivity index is 2.43. The fourth-order valence-electron chi connectivity index (χ4n) is 1.36. The van der Waals surface area contributed by atoms with Crippen molar-refractivity contribution in [2.24, 2.45) is 4.40 Å². The highest BCUT2D eigenvalue weighted by Crippen LogP contribution is 2.29. The predicted octanol–water partition coefficient (Wildman–Crippen LogP) is 1.05. The SMILES string of the molecule is O=S1(=O)CCN2C=CC(C(F)(F)F)=CC2=N1. The molecule has 16 heavy (non-hydrogen) atoms. The van der Waals surface area contributed by atoms with Crippen molar-refractivity contribution in [3.63, 3.8) is 0 Å². The number of hydrogen-bond acceptors (Lipinski definition) is 3. The monoisotopic (exact) mass is 252 g/mol. The number of sulfonamides is 1. The summed E-state index contributed by atoms with van der Waals surface area (Å²) in [6.45, 7) is 0.124. The molecule has 88 valence electrons. The molecule has 0 radical (unpaired) electrons. The van der Waals surface area contributed by atoms with Gasteiger partial charge < -0.3 is 4.90 Å². The Bertz CT molecular complexity index is 502. The summed E-state index contributed by atoms with van der Waals surface area (Å²) in [5.74, 6) is -0.364. The van der Waals surface area contributed by atoms with Gasteiger partial charge in [0.1, 0.15) is 5.84 Å². The molecule has 0 aromatic heterocycles. The first-order valence-electron chi connectivity index (χ1n) is 4.34. The standard InChI is InChI=1S/C8H7F3N2O2S/c9-8(10,11)6-1-2-13-3-4-16(14,15)12-7(13)5-6/h1-2,5H,3-4H2. The summed E-state index contributed by atoms with van der Waals surface area (Å²) < 4.78 is 62.6. The summed E-state index contributed by atoms with van der Waals surface area (Å²) in [6, 6.07) is 0. The van der Waals surface area contributed by atoms with E-state index in [0.717, 1.165) is 12.2 Å². The number of halogens is 3. The highest BCUT2D eigenvalue weighted by atomic mass is 32.2. The number of fused-ring (bicyclic) bond motifs is 1. The third-order valence-corrected chi connectivity index (χ3v) is 3.33. The molecule has 2 aliphatic heterocycles. The zero-order valence-corrected chi connectivity index (χ0v) is 8.72. The molecule has 8 heteroatoms. The molecule has 0 aromatic carbocycles. The van der Waals surface area contributed by atoms with Gasteiger partial charge in [0.15, 0.2) is 0 Å². The van der Waals surface area contributed by atoms with Gasteiger partial charge in [-0.3, -0.25) is 0 Å². The highest BCUT2D eigenvalue weighted by Gasteiger charge is 2.35. The topological polar surface area (TPSA) is 49.7 Å². The average molecular weight is 252 g/mol. The van der Waals surface area contributed by atoms with Gasteiger partial charge in [-0.2, -0.15) is 13.2 Å². The molecule has 0 aliphatic carbocycles. The van der Waals surface area contributed by atoms with Crippen molar-refractivity contribution in [3.05, 3.63) is 23.9 Å². The third kappa shape index (κ3) is 2.11. The van der Waals surface area contributed by atoms with Crippen LogP contribution in [-0.4, -0.2) is 37.6 Å². The Hall–Kier alpha value is -1.31. The van der Waals surface area contributed by atoms with Gasteiger partial charge in [0.25, 0.3) is 10.0 Å². The lowest BCUT2D eigenvalue weighted by atomic mass is 10.1. The quantitative estimate of drug-likeness (QED) is 0.647. The van der Waals surface area contributed by atoms with E-state index in [2.05, 4.69) is 4.40 Å². The summed E-state index contributed by atoms with van der Waals surface area (Å²) in [6.07, 6.45) is -1.67. The van der Waals surface area contributed by atoms with Crippen LogP contribution in [0.25, 0.3) is 0 Å². The molecule has 0 fully saturated rings. The van der Waals surface area contributed by atoms with Crippen molar-refractivity contribution < 1.29 is 21.6 Å². The van der Waals surface area contributed by atoms with Gasteiger partial charge in [0.05, 0.1) is 11.3 Å². The minimum absolute atomic E-state index is 0.124. The van der Waals surface area contributed by atoms with Crippen molar-refractivity contribution in [2.75, 3.05) is 12.3 Å². The lowest BCUT2D eigenvalue weighted by Crippen LogP contribution is -2.37. The molecule has 0 aromatic rings. The molecule has 2 heterocycles. The minimum atomic E-state index is -4.49. The Morgan fingerprint density at radius 2 is 2.06 bits per heavy atom. The van der Waals surface area contributed by atoms with Crippen LogP contribution in [0.3, 0.4) is 0 Å². The summed E-state index contributed by atoms with van der Waals surface area (Å²) in [7, 11) is -3.62. The molecule has 4 nitrogen and oxygen atoms in total. The Morgan fingerprint density at radius 1 is 1.38 bits per heavy atom. The Labute approximate surface area is 89.8 Å². The van der Waals surface area contributed by atoms with E-state index in [-0.39, 0.29) is 18.1 Å². The van der Waals surface area contributed by atoms with E-state index in [1.165, 1.54) is 11.1 Å². The molecule has 0 saturated heterocycles. The fraction of sp³-hybridized carbons (Fsp3) is 0.375. The lowest BCUT2D eigenvalue weighted by Gasteiger charge is -2.27. The van der Waals surface area contributed by atoms with E-state index in [9.17, 15) is 21.6 Å². The van der Waals surface area contributed by atoms with Crippen LogP contribution in [-0.2, 0) is 10.0 Å². The maximum atomic E-state index is 12.4. The molecule has 2 rings (SSSR count). The average Bonchev–Trinajstić information content (AvgIpc) is 2.13. The fourth-order valence-corrected chi connectivity index (χ4v) is 2.32. The van der Waals surface area contributed by atoms with Crippen LogP contribution in [0.15, 0.2) is 28.3 Å². The van der Waals surface area contributed by atoms with Crippen molar-refractivity contribution >= 4 is 15.9 Å². The summed E-state index contributed by atoms with van der Waals surface area (Å²) in [5.41, 5.74) is -0.903. The number of amidine groups is 1. The molecule has 0 spiro atoms. The van der Waals surface area contributed by atoms with Gasteiger partial charge >= 0.3 is 6.18 Å². The zero-order valence-electron chi connectivity index (χ0n) is 7.90. The molecule has 0 bridgehead atoms. The zero-order chi connectivity index (χ0) is 12.0. The van der Waals surface area contributed by atoms with Crippen LogP contribution < -0.4 is 0 Å². The molecule has 0 amide bonds. The van der Waals surface area contributed by atoms with Crippen LogP contribution in [0.5, 0.6) is 0 Å². The molecule has 0 saturated carbocycles. The molecule has 2 aliphatic rings. The molecule has 0 N–H and O–H groups in total. The van der Waals surface area contributed by atoms with Crippen LogP contribution in [0.2, 0.25) is 0 Å². The Kier molecular flexibility index (Phi) is 2.33. The number of hydrogen-bond donors (Lipinski definition) is 0. The molecular weight excluding hydrogens is 245 g/mol. The predicted molar refractivity (Wildman–Crippen MR) is 51.2 cm³/mol. The number of alkyl halides is 3.